The molecule has 3 aromatic rings. The van der Waals surface area contributed by atoms with Gasteiger partial charge < -0.3 is 4.84 Å². The standard InChI is InChI=1S/C24H27NO/c1-3-4-20-25(26-2)24(21-14-8-5-9-15-21,22-16-10-6-11-17-22)23-18-12-7-13-19-23/h5-19H,3-4,20H2,1-2H3. The average Bonchev–Trinajstić information content (AvgIpc) is 2.73. The average molecular weight is 345 g/mol. The molecule has 0 radical (unpaired) electrons. The molecule has 0 heterocycles. The number of hydroxylamine groups is 2. The van der Waals surface area contributed by atoms with Gasteiger partial charge in [0.25, 0.3) is 0 Å². The van der Waals surface area contributed by atoms with Crippen molar-refractivity contribution in [2.75, 3.05) is 13.7 Å². The Morgan fingerprint density at radius 3 is 1.38 bits per heavy atom. The van der Waals surface area contributed by atoms with E-state index in [1.807, 2.05) is 0 Å². The monoisotopic (exact) mass is 345 g/mol. The molecule has 0 bridgehead atoms. The summed E-state index contributed by atoms with van der Waals surface area (Å²) in [7, 11) is 1.78. The summed E-state index contributed by atoms with van der Waals surface area (Å²) in [5, 5.41) is 2.14. The van der Waals surface area contributed by atoms with Crippen molar-refractivity contribution >= 4 is 0 Å². The zero-order valence-electron chi connectivity index (χ0n) is 15.6. The van der Waals surface area contributed by atoms with Gasteiger partial charge in [-0.15, -0.1) is 0 Å². The van der Waals surface area contributed by atoms with Gasteiger partial charge in [-0.3, -0.25) is 0 Å². The van der Waals surface area contributed by atoms with E-state index < -0.39 is 5.54 Å². The van der Waals surface area contributed by atoms with Crippen molar-refractivity contribution in [1.29, 1.82) is 0 Å². The zero-order chi connectivity index (χ0) is 18.2. The van der Waals surface area contributed by atoms with Crippen LogP contribution in [0.15, 0.2) is 91.0 Å². The zero-order valence-corrected chi connectivity index (χ0v) is 15.6. The predicted octanol–water partition coefficient (Wildman–Crippen LogP) is 5.64. The molecule has 0 amide bonds. The lowest BCUT2D eigenvalue weighted by atomic mass is 9.76. The van der Waals surface area contributed by atoms with Crippen LogP contribution in [0.5, 0.6) is 0 Å². The highest BCUT2D eigenvalue weighted by atomic mass is 16.7. The van der Waals surface area contributed by atoms with Gasteiger partial charge >= 0.3 is 0 Å². The summed E-state index contributed by atoms with van der Waals surface area (Å²) in [5.41, 5.74) is 3.12. The molecule has 0 atom stereocenters. The summed E-state index contributed by atoms with van der Waals surface area (Å²) < 4.78 is 0. The van der Waals surface area contributed by atoms with E-state index in [0.29, 0.717) is 0 Å². The van der Waals surface area contributed by atoms with E-state index in [-0.39, 0.29) is 0 Å². The van der Waals surface area contributed by atoms with E-state index in [0.717, 1.165) is 19.4 Å². The molecular formula is C24H27NO. The van der Waals surface area contributed by atoms with E-state index in [4.69, 9.17) is 4.84 Å². The minimum Gasteiger partial charge on any atom is -0.301 e. The highest BCUT2D eigenvalue weighted by Gasteiger charge is 2.42. The van der Waals surface area contributed by atoms with Crippen molar-refractivity contribution in [1.82, 2.24) is 5.06 Å². The minimum atomic E-state index is -0.492. The topological polar surface area (TPSA) is 12.5 Å². The summed E-state index contributed by atoms with van der Waals surface area (Å²) >= 11 is 0. The molecule has 2 nitrogen and oxygen atoms in total. The van der Waals surface area contributed by atoms with Crippen LogP contribution < -0.4 is 0 Å². The number of hydrogen-bond donors (Lipinski definition) is 0. The number of benzene rings is 3. The molecule has 0 saturated carbocycles. The summed E-state index contributed by atoms with van der Waals surface area (Å²) in [6, 6.07) is 31.9. The van der Waals surface area contributed by atoms with Gasteiger partial charge in [-0.1, -0.05) is 104 Å². The van der Waals surface area contributed by atoms with Crippen LogP contribution in [0.2, 0.25) is 0 Å². The second kappa shape index (κ2) is 8.79. The van der Waals surface area contributed by atoms with Crippen LogP contribution in [0, 0.1) is 0 Å². The molecule has 0 aliphatic heterocycles. The fraction of sp³-hybridized carbons (Fsp3) is 0.250. The number of nitrogens with zero attached hydrogens (tertiary/aromatic N) is 1. The Bertz CT molecular complexity index is 674. The highest BCUT2D eigenvalue weighted by Crippen LogP contribution is 2.42. The lowest BCUT2D eigenvalue weighted by molar-refractivity contribution is -0.182. The largest absolute Gasteiger partial charge is 0.301 e. The van der Waals surface area contributed by atoms with E-state index in [9.17, 15) is 0 Å². The third-order valence-corrected chi connectivity index (χ3v) is 4.88. The Balaban J connectivity index is 2.31. The van der Waals surface area contributed by atoms with Crippen molar-refractivity contribution in [2.45, 2.75) is 25.3 Å². The summed E-state index contributed by atoms with van der Waals surface area (Å²) in [6.07, 6.45) is 2.19. The van der Waals surface area contributed by atoms with E-state index >= 15 is 0 Å². The van der Waals surface area contributed by atoms with Gasteiger partial charge in [0.15, 0.2) is 0 Å². The van der Waals surface area contributed by atoms with Crippen molar-refractivity contribution in [3.05, 3.63) is 108 Å². The second-order valence-electron chi connectivity index (χ2n) is 6.45. The number of unbranched alkanes of at least 4 members (excludes halogenated alkanes) is 1. The Hall–Kier alpha value is -2.42. The smallest absolute Gasteiger partial charge is 0.121 e. The lowest BCUT2D eigenvalue weighted by Gasteiger charge is -2.44. The van der Waals surface area contributed by atoms with Crippen LogP contribution >= 0.6 is 0 Å². The van der Waals surface area contributed by atoms with Gasteiger partial charge in [0.2, 0.25) is 0 Å². The SMILES string of the molecule is CCCCN(OC)C(c1ccccc1)(c1ccccc1)c1ccccc1. The molecule has 0 aliphatic rings. The highest BCUT2D eigenvalue weighted by molar-refractivity contribution is 5.49. The maximum Gasteiger partial charge on any atom is 0.121 e. The van der Waals surface area contributed by atoms with Gasteiger partial charge in [0, 0.05) is 6.54 Å². The second-order valence-corrected chi connectivity index (χ2v) is 6.45. The van der Waals surface area contributed by atoms with Crippen LogP contribution in [-0.4, -0.2) is 18.7 Å². The van der Waals surface area contributed by atoms with Crippen LogP contribution in [0.3, 0.4) is 0 Å². The quantitative estimate of drug-likeness (QED) is 0.387. The molecular weight excluding hydrogens is 318 g/mol. The van der Waals surface area contributed by atoms with Crippen molar-refractivity contribution in [3.8, 4) is 0 Å². The van der Waals surface area contributed by atoms with Crippen LogP contribution in [0.25, 0.3) is 0 Å². The van der Waals surface area contributed by atoms with Gasteiger partial charge in [-0.25, -0.2) is 0 Å². The first-order valence-electron chi connectivity index (χ1n) is 9.32. The van der Waals surface area contributed by atoms with Crippen LogP contribution in [-0.2, 0) is 10.4 Å². The fourth-order valence-corrected chi connectivity index (χ4v) is 3.67. The summed E-state index contributed by atoms with van der Waals surface area (Å²) in [5.74, 6) is 0. The molecule has 2 heteroatoms. The van der Waals surface area contributed by atoms with E-state index in [1.165, 1.54) is 16.7 Å². The number of hydrogen-bond acceptors (Lipinski definition) is 2. The molecule has 0 spiro atoms. The fourth-order valence-electron chi connectivity index (χ4n) is 3.67. The van der Waals surface area contributed by atoms with Crippen molar-refractivity contribution in [2.24, 2.45) is 0 Å². The molecule has 0 aromatic heterocycles. The number of rotatable bonds is 8. The molecule has 134 valence electrons. The Kier molecular flexibility index (Phi) is 6.21. The minimum absolute atomic E-state index is 0.492. The molecule has 0 saturated heterocycles. The first kappa shape index (κ1) is 18.4. The first-order valence-corrected chi connectivity index (χ1v) is 9.32. The molecule has 0 N–H and O–H groups in total. The molecule has 3 rings (SSSR count). The summed E-state index contributed by atoms with van der Waals surface area (Å²) in [6.45, 7) is 3.06. The third kappa shape index (κ3) is 3.44. The van der Waals surface area contributed by atoms with Crippen LogP contribution in [0.1, 0.15) is 36.5 Å². The maximum atomic E-state index is 6.01. The lowest BCUT2D eigenvalue weighted by Crippen LogP contribution is -2.48. The van der Waals surface area contributed by atoms with Gasteiger partial charge in [0.1, 0.15) is 5.54 Å². The third-order valence-electron chi connectivity index (χ3n) is 4.88. The predicted molar refractivity (Wildman–Crippen MR) is 108 cm³/mol. The van der Waals surface area contributed by atoms with Gasteiger partial charge in [0.05, 0.1) is 7.11 Å². The Morgan fingerprint density at radius 2 is 1.08 bits per heavy atom. The first-order chi connectivity index (χ1) is 12.8. The molecule has 0 fully saturated rings. The maximum absolute atomic E-state index is 6.01. The van der Waals surface area contributed by atoms with Crippen molar-refractivity contribution in [3.63, 3.8) is 0 Å². The van der Waals surface area contributed by atoms with Crippen molar-refractivity contribution < 1.29 is 4.84 Å². The van der Waals surface area contributed by atoms with E-state index in [2.05, 4.69) is 103 Å². The van der Waals surface area contributed by atoms with Gasteiger partial charge in [-0.05, 0) is 23.1 Å². The summed E-state index contributed by atoms with van der Waals surface area (Å²) in [4.78, 5) is 6.01. The normalized spacial score (nSPS) is 11.7. The van der Waals surface area contributed by atoms with Gasteiger partial charge in [-0.2, -0.15) is 5.06 Å². The van der Waals surface area contributed by atoms with Crippen LogP contribution in [0.4, 0.5) is 0 Å². The molecule has 0 aliphatic carbocycles. The Labute approximate surface area is 157 Å². The molecule has 0 unspecified atom stereocenters. The Morgan fingerprint density at radius 1 is 0.692 bits per heavy atom. The molecule has 3 aromatic carbocycles. The molecule has 26 heavy (non-hydrogen) atoms. The van der Waals surface area contributed by atoms with E-state index in [1.54, 1.807) is 7.11 Å².